The minimum atomic E-state index is -0.103. The highest BCUT2D eigenvalue weighted by atomic mass is 35.5. The number of aromatic hydroxyl groups is 1. The number of methoxy groups -OCH3 is 1. The number of halogens is 2. The van der Waals surface area contributed by atoms with E-state index >= 15 is 0 Å². The molecule has 1 aliphatic rings. The van der Waals surface area contributed by atoms with Crippen molar-refractivity contribution < 1.29 is 9.84 Å². The molecule has 0 bridgehead atoms. The summed E-state index contributed by atoms with van der Waals surface area (Å²) in [7, 11) is 1.49. The van der Waals surface area contributed by atoms with Crippen molar-refractivity contribution >= 4 is 23.2 Å². The third kappa shape index (κ3) is 4.10. The van der Waals surface area contributed by atoms with E-state index < -0.39 is 0 Å². The van der Waals surface area contributed by atoms with Crippen LogP contribution < -0.4 is 10.3 Å². The molecule has 0 aliphatic carbocycles. The van der Waals surface area contributed by atoms with E-state index in [0.29, 0.717) is 36.1 Å². The zero-order chi connectivity index (χ0) is 20.5. The number of ether oxygens (including phenoxy) is 1. The number of nitrogens with zero attached hydrogens (tertiary/aromatic N) is 2. The smallest absolute Gasteiger partial charge is 0.254 e. The van der Waals surface area contributed by atoms with Gasteiger partial charge in [-0.3, -0.25) is 9.69 Å². The van der Waals surface area contributed by atoms with Crippen molar-refractivity contribution in [1.82, 2.24) is 14.9 Å². The van der Waals surface area contributed by atoms with Crippen LogP contribution in [0.5, 0.6) is 11.5 Å². The van der Waals surface area contributed by atoms with E-state index in [1.165, 1.54) is 7.11 Å². The first-order valence-corrected chi connectivity index (χ1v) is 9.86. The van der Waals surface area contributed by atoms with E-state index in [1.807, 2.05) is 12.1 Å². The second kappa shape index (κ2) is 8.06. The van der Waals surface area contributed by atoms with Crippen LogP contribution in [0.1, 0.15) is 16.8 Å². The number of phenolic OH excluding ortho intramolecular Hbond substituents is 1. The average molecular weight is 432 g/mol. The highest BCUT2D eigenvalue weighted by molar-refractivity contribution is 6.32. The number of hydrogen-bond acceptors (Lipinski definition) is 5. The van der Waals surface area contributed by atoms with Gasteiger partial charge in [0.1, 0.15) is 5.82 Å². The van der Waals surface area contributed by atoms with Crippen molar-refractivity contribution in [1.29, 1.82) is 0 Å². The minimum Gasteiger partial charge on any atom is -0.503 e. The lowest BCUT2D eigenvalue weighted by atomic mass is 10.0. The minimum absolute atomic E-state index is 0.0669. The van der Waals surface area contributed by atoms with E-state index in [4.69, 9.17) is 32.9 Å². The lowest BCUT2D eigenvalue weighted by Crippen LogP contribution is -2.35. The summed E-state index contributed by atoms with van der Waals surface area (Å²) in [4.78, 5) is 22.3. The van der Waals surface area contributed by atoms with Crippen molar-refractivity contribution in [2.75, 3.05) is 13.7 Å². The van der Waals surface area contributed by atoms with Crippen molar-refractivity contribution in [3.63, 3.8) is 0 Å². The summed E-state index contributed by atoms with van der Waals surface area (Å²) >= 11 is 12.1. The standard InChI is InChI=1S/C21H19Cl2N3O3/c1-29-18-9-12(8-16(23)19(18)27)10-26-7-6-15-17(11-26)24-20(25-21(15)28)13-2-4-14(22)5-3-13/h2-5,8-9,27H,6-7,10-11H2,1H3,(H,24,25,28). The van der Waals surface area contributed by atoms with E-state index in [0.717, 1.165) is 28.9 Å². The van der Waals surface area contributed by atoms with Crippen LogP contribution in [0.25, 0.3) is 11.4 Å². The zero-order valence-electron chi connectivity index (χ0n) is 15.7. The fourth-order valence-electron chi connectivity index (χ4n) is 3.51. The van der Waals surface area contributed by atoms with Gasteiger partial charge in [-0.15, -0.1) is 0 Å². The van der Waals surface area contributed by atoms with Crippen LogP contribution in [0, 0.1) is 0 Å². The van der Waals surface area contributed by atoms with E-state index in [1.54, 1.807) is 24.3 Å². The van der Waals surface area contributed by atoms with Gasteiger partial charge in [0.25, 0.3) is 5.56 Å². The van der Waals surface area contributed by atoms with Gasteiger partial charge < -0.3 is 14.8 Å². The largest absolute Gasteiger partial charge is 0.503 e. The van der Waals surface area contributed by atoms with Crippen LogP contribution >= 0.6 is 23.2 Å². The summed E-state index contributed by atoms with van der Waals surface area (Å²) in [5, 5.41) is 10.8. The summed E-state index contributed by atoms with van der Waals surface area (Å²) < 4.78 is 5.18. The summed E-state index contributed by atoms with van der Waals surface area (Å²) in [6.45, 7) is 1.86. The Balaban J connectivity index is 1.60. The molecule has 8 heteroatoms. The fraction of sp³-hybridized carbons (Fsp3) is 0.238. The Kier molecular flexibility index (Phi) is 5.50. The van der Waals surface area contributed by atoms with Crippen LogP contribution in [-0.4, -0.2) is 33.6 Å². The van der Waals surface area contributed by atoms with Gasteiger partial charge in [-0.2, -0.15) is 0 Å². The maximum absolute atomic E-state index is 12.6. The Morgan fingerprint density at radius 3 is 2.72 bits per heavy atom. The molecular formula is C21H19Cl2N3O3. The number of benzene rings is 2. The zero-order valence-corrected chi connectivity index (χ0v) is 17.2. The number of hydrogen-bond donors (Lipinski definition) is 2. The van der Waals surface area contributed by atoms with Crippen LogP contribution in [-0.2, 0) is 19.5 Å². The first-order chi connectivity index (χ1) is 13.9. The third-order valence-electron chi connectivity index (χ3n) is 4.98. The first kappa shape index (κ1) is 19.8. The summed E-state index contributed by atoms with van der Waals surface area (Å²) in [5.41, 5.74) is 3.10. The Morgan fingerprint density at radius 1 is 1.24 bits per heavy atom. The van der Waals surface area contributed by atoms with Crippen LogP contribution in [0.2, 0.25) is 10.0 Å². The number of fused-ring (bicyclic) bond motifs is 1. The first-order valence-electron chi connectivity index (χ1n) is 9.10. The van der Waals surface area contributed by atoms with Gasteiger partial charge >= 0.3 is 0 Å². The summed E-state index contributed by atoms with van der Waals surface area (Å²) in [6.07, 6.45) is 0.613. The van der Waals surface area contributed by atoms with Gasteiger partial charge in [0.15, 0.2) is 11.5 Å². The molecule has 6 nitrogen and oxygen atoms in total. The van der Waals surface area contributed by atoms with E-state index in [-0.39, 0.29) is 16.3 Å². The quantitative estimate of drug-likeness (QED) is 0.651. The molecule has 4 rings (SSSR count). The maximum atomic E-state index is 12.6. The highest BCUT2D eigenvalue weighted by Gasteiger charge is 2.22. The lowest BCUT2D eigenvalue weighted by Gasteiger charge is -2.28. The normalized spacial score (nSPS) is 13.9. The predicted octanol–water partition coefficient (Wildman–Crippen LogP) is 4.02. The lowest BCUT2D eigenvalue weighted by molar-refractivity contribution is 0.240. The number of aromatic amines is 1. The second-order valence-electron chi connectivity index (χ2n) is 6.94. The number of rotatable bonds is 4. The molecule has 0 atom stereocenters. The SMILES string of the molecule is COc1cc(CN2CCc3c(nc(-c4ccc(Cl)cc4)[nH]c3=O)C2)cc(Cl)c1O. The monoisotopic (exact) mass is 431 g/mol. The molecule has 2 aromatic carbocycles. The molecule has 3 aromatic rings. The maximum Gasteiger partial charge on any atom is 0.254 e. The molecule has 0 fully saturated rings. The van der Waals surface area contributed by atoms with Gasteiger partial charge in [0, 0.05) is 35.8 Å². The van der Waals surface area contributed by atoms with Gasteiger partial charge in [-0.05, 0) is 48.4 Å². The molecule has 2 heterocycles. The Morgan fingerprint density at radius 2 is 2.00 bits per heavy atom. The highest BCUT2D eigenvalue weighted by Crippen LogP contribution is 2.35. The summed E-state index contributed by atoms with van der Waals surface area (Å²) in [5.74, 6) is 0.800. The fourth-order valence-corrected chi connectivity index (χ4v) is 3.86. The van der Waals surface area contributed by atoms with E-state index in [2.05, 4.69) is 9.88 Å². The number of H-pyrrole nitrogens is 1. The summed E-state index contributed by atoms with van der Waals surface area (Å²) in [6, 6.07) is 10.7. The van der Waals surface area contributed by atoms with Crippen LogP contribution in [0.3, 0.4) is 0 Å². The van der Waals surface area contributed by atoms with Gasteiger partial charge in [-0.1, -0.05) is 23.2 Å². The third-order valence-corrected chi connectivity index (χ3v) is 5.52. The van der Waals surface area contributed by atoms with Crippen molar-refractivity contribution in [2.24, 2.45) is 0 Å². The molecular weight excluding hydrogens is 413 g/mol. The van der Waals surface area contributed by atoms with Crippen LogP contribution in [0.4, 0.5) is 0 Å². The predicted molar refractivity (Wildman–Crippen MR) is 113 cm³/mol. The van der Waals surface area contributed by atoms with Crippen molar-refractivity contribution in [3.8, 4) is 22.9 Å². The van der Waals surface area contributed by atoms with Gasteiger partial charge in [-0.25, -0.2) is 4.98 Å². The number of nitrogens with one attached hydrogen (secondary N) is 1. The Bertz CT molecular complexity index is 1110. The molecule has 0 spiro atoms. The molecule has 1 aliphatic heterocycles. The van der Waals surface area contributed by atoms with Gasteiger partial charge in [0.05, 0.1) is 17.8 Å². The Labute approximate surface area is 177 Å². The second-order valence-corrected chi connectivity index (χ2v) is 7.78. The molecule has 2 N–H and O–H groups in total. The van der Waals surface area contributed by atoms with E-state index in [9.17, 15) is 9.90 Å². The van der Waals surface area contributed by atoms with Gasteiger partial charge in [0.2, 0.25) is 0 Å². The van der Waals surface area contributed by atoms with Crippen molar-refractivity contribution in [2.45, 2.75) is 19.5 Å². The molecule has 0 radical (unpaired) electrons. The number of phenols is 1. The molecule has 1 aromatic heterocycles. The molecule has 0 saturated heterocycles. The molecule has 0 saturated carbocycles. The molecule has 0 unspecified atom stereocenters. The van der Waals surface area contributed by atoms with Crippen LogP contribution in [0.15, 0.2) is 41.2 Å². The molecule has 29 heavy (non-hydrogen) atoms. The number of aromatic nitrogens is 2. The Hall–Kier alpha value is -2.54. The molecule has 0 amide bonds. The average Bonchev–Trinajstić information content (AvgIpc) is 2.70. The molecule has 150 valence electrons. The topological polar surface area (TPSA) is 78.5 Å². The van der Waals surface area contributed by atoms with Crippen molar-refractivity contribution in [3.05, 3.63) is 73.6 Å².